The molecule has 0 unspecified atom stereocenters. The fourth-order valence-corrected chi connectivity index (χ4v) is 2.01. The van der Waals surface area contributed by atoms with Gasteiger partial charge in [-0.1, -0.05) is 17.2 Å². The summed E-state index contributed by atoms with van der Waals surface area (Å²) in [5, 5.41) is 6.03. The smallest absolute Gasteiger partial charge is 0.251 e. The van der Waals surface area contributed by atoms with Gasteiger partial charge < -0.3 is 19.5 Å². The summed E-state index contributed by atoms with van der Waals surface area (Å²) in [5.74, 6) is -1.42. The zero-order chi connectivity index (χ0) is 20.6. The van der Waals surface area contributed by atoms with E-state index in [1.54, 1.807) is 0 Å². The molecule has 1 N–H and O–H groups in total. The summed E-state index contributed by atoms with van der Waals surface area (Å²) in [6.07, 6.45) is 0. The van der Waals surface area contributed by atoms with Crippen LogP contribution in [-0.2, 0) is 19.0 Å². The Kier molecular flexibility index (Phi) is 11.9. The highest BCUT2D eigenvalue weighted by molar-refractivity contribution is 6.42. The van der Waals surface area contributed by atoms with Crippen molar-refractivity contribution in [2.24, 2.45) is 5.11 Å². The number of carbonyl (C=O) groups excluding carboxylic acids is 3. The summed E-state index contributed by atoms with van der Waals surface area (Å²) in [4.78, 5) is 37.2. The molecule has 1 aromatic carbocycles. The van der Waals surface area contributed by atoms with Crippen LogP contribution in [0.4, 0.5) is 0 Å². The highest BCUT2D eigenvalue weighted by atomic mass is 16.5. The quantitative estimate of drug-likeness (QED) is 0.120. The van der Waals surface area contributed by atoms with Gasteiger partial charge in [0.1, 0.15) is 0 Å². The topological polar surface area (TPSA) is 140 Å². The number of Topliss-reactive ketones (excluding diaryl/α,β-unsaturated/α-hetero) is 2. The fraction of sp³-hybridized carbons (Fsp3) is 0.500. The first-order valence-corrected chi connectivity index (χ1v) is 8.74. The number of rotatable bonds is 15. The number of nitrogens with zero attached hydrogens (tertiary/aromatic N) is 3. The maximum Gasteiger partial charge on any atom is 0.251 e. The molecule has 0 aromatic heterocycles. The molecule has 0 spiro atoms. The Hall–Kier alpha value is -2.78. The molecule has 0 heterocycles. The molecule has 0 saturated heterocycles. The predicted molar refractivity (Wildman–Crippen MR) is 100 cm³/mol. The fourth-order valence-electron chi connectivity index (χ4n) is 2.01. The van der Waals surface area contributed by atoms with E-state index in [0.29, 0.717) is 58.3 Å². The molecule has 10 nitrogen and oxygen atoms in total. The van der Waals surface area contributed by atoms with Gasteiger partial charge in [0.25, 0.3) is 5.91 Å². The van der Waals surface area contributed by atoms with Crippen LogP contribution in [0.15, 0.2) is 29.4 Å². The summed E-state index contributed by atoms with van der Waals surface area (Å²) in [6.45, 7) is 4.14. The largest absolute Gasteiger partial charge is 0.379 e. The van der Waals surface area contributed by atoms with Gasteiger partial charge in [0, 0.05) is 36.1 Å². The minimum absolute atomic E-state index is 0.258. The summed E-state index contributed by atoms with van der Waals surface area (Å²) in [7, 11) is 0. The Morgan fingerprint density at radius 2 is 1.46 bits per heavy atom. The van der Waals surface area contributed by atoms with Crippen LogP contribution in [0.2, 0.25) is 0 Å². The van der Waals surface area contributed by atoms with Crippen molar-refractivity contribution >= 4 is 17.5 Å². The second-order valence-electron chi connectivity index (χ2n) is 5.51. The molecular formula is C18H24N4O6. The first-order valence-electron chi connectivity index (χ1n) is 8.74. The number of nitrogens with one attached hydrogen (secondary N) is 1. The number of ketones is 2. The standard InChI is InChI=1S/C18H24N4O6/c1-14(23)17(24)15-2-4-16(5-3-15)18(25)20-6-8-26-10-12-28-13-11-27-9-7-21-22-19/h2-5H,6-13H2,1H3,(H,20,25). The van der Waals surface area contributed by atoms with Crippen LogP contribution in [0.3, 0.4) is 0 Å². The van der Waals surface area contributed by atoms with Gasteiger partial charge in [-0.25, -0.2) is 0 Å². The number of azide groups is 1. The number of carbonyl (C=O) groups is 3. The van der Waals surface area contributed by atoms with Crippen molar-refractivity contribution < 1.29 is 28.6 Å². The number of amides is 1. The van der Waals surface area contributed by atoms with Crippen molar-refractivity contribution in [3.05, 3.63) is 45.8 Å². The Morgan fingerprint density at radius 3 is 2.04 bits per heavy atom. The van der Waals surface area contributed by atoms with Crippen LogP contribution < -0.4 is 5.32 Å². The average molecular weight is 392 g/mol. The first kappa shape index (κ1) is 23.3. The van der Waals surface area contributed by atoms with Crippen LogP contribution in [0.5, 0.6) is 0 Å². The van der Waals surface area contributed by atoms with E-state index in [2.05, 4.69) is 15.3 Å². The van der Waals surface area contributed by atoms with Crippen LogP contribution in [0.1, 0.15) is 27.6 Å². The van der Waals surface area contributed by atoms with Crippen molar-refractivity contribution in [3.8, 4) is 0 Å². The first-order chi connectivity index (χ1) is 13.6. The van der Waals surface area contributed by atoms with Gasteiger partial charge in [0.2, 0.25) is 5.78 Å². The average Bonchev–Trinajstić information content (AvgIpc) is 2.70. The Bertz CT molecular complexity index is 686. The molecule has 10 heteroatoms. The van der Waals surface area contributed by atoms with E-state index in [1.807, 2.05) is 0 Å². The number of hydrogen-bond donors (Lipinski definition) is 1. The van der Waals surface area contributed by atoms with E-state index in [9.17, 15) is 14.4 Å². The van der Waals surface area contributed by atoms with Crippen LogP contribution in [0.25, 0.3) is 10.4 Å². The lowest BCUT2D eigenvalue weighted by atomic mass is 10.1. The molecule has 1 amide bonds. The maximum atomic E-state index is 12.0. The Morgan fingerprint density at radius 1 is 0.929 bits per heavy atom. The normalized spacial score (nSPS) is 10.2. The van der Waals surface area contributed by atoms with E-state index in [0.717, 1.165) is 0 Å². The van der Waals surface area contributed by atoms with Gasteiger partial charge in [-0.2, -0.15) is 0 Å². The summed E-state index contributed by atoms with van der Waals surface area (Å²) >= 11 is 0. The highest BCUT2D eigenvalue weighted by Gasteiger charge is 2.12. The molecule has 152 valence electrons. The van der Waals surface area contributed by atoms with Crippen molar-refractivity contribution in [2.75, 3.05) is 52.7 Å². The molecule has 1 aromatic rings. The van der Waals surface area contributed by atoms with E-state index < -0.39 is 11.6 Å². The number of ether oxygens (including phenoxy) is 3. The van der Waals surface area contributed by atoms with E-state index in [4.69, 9.17) is 19.7 Å². The van der Waals surface area contributed by atoms with Crippen molar-refractivity contribution in [3.63, 3.8) is 0 Å². The lowest BCUT2D eigenvalue weighted by molar-refractivity contribution is -0.113. The minimum atomic E-state index is -0.581. The lowest BCUT2D eigenvalue weighted by Gasteiger charge is -2.08. The molecule has 0 bridgehead atoms. The highest BCUT2D eigenvalue weighted by Crippen LogP contribution is 2.06. The third-order valence-corrected chi connectivity index (χ3v) is 3.40. The molecule has 0 radical (unpaired) electrons. The number of benzene rings is 1. The van der Waals surface area contributed by atoms with Crippen molar-refractivity contribution in [2.45, 2.75) is 6.92 Å². The van der Waals surface area contributed by atoms with E-state index in [1.165, 1.54) is 31.2 Å². The molecule has 0 aliphatic rings. The van der Waals surface area contributed by atoms with Gasteiger partial charge in [-0.05, 0) is 17.7 Å². The third-order valence-electron chi connectivity index (χ3n) is 3.40. The molecule has 0 saturated carbocycles. The lowest BCUT2D eigenvalue weighted by Crippen LogP contribution is -2.27. The summed E-state index contributed by atoms with van der Waals surface area (Å²) in [5.41, 5.74) is 8.73. The molecular weight excluding hydrogens is 368 g/mol. The second kappa shape index (κ2) is 14.3. The summed E-state index contributed by atoms with van der Waals surface area (Å²) < 4.78 is 15.8. The van der Waals surface area contributed by atoms with Crippen molar-refractivity contribution in [1.29, 1.82) is 0 Å². The molecule has 0 aliphatic carbocycles. The molecule has 1 rings (SSSR count). The van der Waals surface area contributed by atoms with Gasteiger partial charge in [-0.15, -0.1) is 0 Å². The van der Waals surface area contributed by atoms with Gasteiger partial charge in [-0.3, -0.25) is 14.4 Å². The second-order valence-corrected chi connectivity index (χ2v) is 5.51. The van der Waals surface area contributed by atoms with Gasteiger partial charge >= 0.3 is 0 Å². The Balaban J connectivity index is 2.05. The minimum Gasteiger partial charge on any atom is -0.379 e. The van der Waals surface area contributed by atoms with Gasteiger partial charge in [0.15, 0.2) is 5.78 Å². The van der Waals surface area contributed by atoms with Gasteiger partial charge in [0.05, 0.1) is 39.6 Å². The summed E-state index contributed by atoms with van der Waals surface area (Å²) in [6, 6.07) is 5.89. The molecule has 0 fully saturated rings. The monoisotopic (exact) mass is 392 g/mol. The van der Waals surface area contributed by atoms with Crippen LogP contribution >= 0.6 is 0 Å². The Labute approximate surface area is 162 Å². The maximum absolute atomic E-state index is 12.0. The SMILES string of the molecule is CC(=O)C(=O)c1ccc(C(=O)NCCOCCOCCOCCN=[N+]=[N-])cc1. The third kappa shape index (κ3) is 9.79. The number of hydrogen-bond acceptors (Lipinski definition) is 7. The molecule has 0 aliphatic heterocycles. The zero-order valence-electron chi connectivity index (χ0n) is 15.8. The zero-order valence-corrected chi connectivity index (χ0v) is 15.8. The van der Waals surface area contributed by atoms with Crippen molar-refractivity contribution in [1.82, 2.24) is 5.32 Å². The van der Waals surface area contributed by atoms with E-state index in [-0.39, 0.29) is 11.5 Å². The van der Waals surface area contributed by atoms with Crippen LogP contribution in [0, 0.1) is 0 Å². The van der Waals surface area contributed by atoms with Crippen LogP contribution in [-0.4, -0.2) is 70.2 Å². The predicted octanol–water partition coefficient (Wildman–Crippen LogP) is 1.55. The molecule has 0 atom stereocenters. The molecule has 28 heavy (non-hydrogen) atoms. The van der Waals surface area contributed by atoms with E-state index >= 15 is 0 Å².